The molecule has 1 aliphatic heterocycles. The first-order valence-electron chi connectivity index (χ1n) is 8.42. The summed E-state index contributed by atoms with van der Waals surface area (Å²) < 4.78 is 11.4. The van der Waals surface area contributed by atoms with Crippen molar-refractivity contribution < 1.29 is 9.47 Å². The highest BCUT2D eigenvalue weighted by Gasteiger charge is 2.21. The van der Waals surface area contributed by atoms with Crippen LogP contribution in [0, 0.1) is 6.92 Å². The maximum Gasteiger partial charge on any atom is 0.231 e. The summed E-state index contributed by atoms with van der Waals surface area (Å²) in [5.41, 5.74) is 4.95. The number of hydrogen-bond acceptors (Lipinski definition) is 3. The summed E-state index contributed by atoms with van der Waals surface area (Å²) in [6, 6.07) is 20.4. The molecule has 3 nitrogen and oxygen atoms in total. The van der Waals surface area contributed by atoms with Gasteiger partial charge in [-0.3, -0.25) is 4.98 Å². The Balaban J connectivity index is 1.69. The van der Waals surface area contributed by atoms with Gasteiger partial charge < -0.3 is 9.47 Å². The lowest BCUT2D eigenvalue weighted by atomic mass is 9.96. The summed E-state index contributed by atoms with van der Waals surface area (Å²) in [4.78, 5) is 4.23. The monoisotopic (exact) mass is 337 g/mol. The predicted octanol–water partition coefficient (Wildman–Crippen LogP) is 5.36. The van der Waals surface area contributed by atoms with Crippen LogP contribution in [0.2, 0.25) is 0 Å². The third kappa shape index (κ3) is 2.49. The molecular formula is C23H15NO2. The molecule has 124 valence electrons. The molecule has 1 aromatic heterocycles. The highest BCUT2D eigenvalue weighted by Crippen LogP contribution is 2.44. The smallest absolute Gasteiger partial charge is 0.231 e. The molecule has 26 heavy (non-hydrogen) atoms. The molecular weight excluding hydrogens is 322 g/mol. The van der Waals surface area contributed by atoms with E-state index in [2.05, 4.69) is 29.2 Å². The van der Waals surface area contributed by atoms with E-state index in [0.29, 0.717) is 0 Å². The van der Waals surface area contributed by atoms with Crippen LogP contribution in [-0.4, -0.2) is 11.8 Å². The second-order valence-corrected chi connectivity index (χ2v) is 6.32. The van der Waals surface area contributed by atoms with E-state index in [-0.39, 0.29) is 6.79 Å². The van der Waals surface area contributed by atoms with Crippen LogP contribution in [0.25, 0.3) is 33.0 Å². The van der Waals surface area contributed by atoms with Crippen molar-refractivity contribution >= 4 is 10.8 Å². The zero-order valence-electron chi connectivity index (χ0n) is 14.0. The molecule has 0 saturated heterocycles. The lowest BCUT2D eigenvalue weighted by molar-refractivity contribution is 0.174. The van der Waals surface area contributed by atoms with Crippen LogP contribution in [0.5, 0.6) is 11.5 Å². The van der Waals surface area contributed by atoms with Crippen LogP contribution in [0.4, 0.5) is 0 Å². The van der Waals surface area contributed by atoms with Crippen molar-refractivity contribution in [3.8, 4) is 33.8 Å². The number of hydrogen-bond donors (Lipinski definition) is 0. The van der Waals surface area contributed by atoms with E-state index in [0.717, 1.165) is 50.1 Å². The van der Waals surface area contributed by atoms with Gasteiger partial charge in [0.15, 0.2) is 11.5 Å². The fraction of sp³-hybridized carbons (Fsp3) is 0.0435. The molecule has 2 heterocycles. The summed E-state index contributed by atoms with van der Waals surface area (Å²) in [5.74, 6) is 1.54. The Morgan fingerprint density at radius 2 is 1.69 bits per heavy atom. The molecule has 0 saturated carbocycles. The van der Waals surface area contributed by atoms with E-state index in [1.165, 1.54) is 0 Å². The predicted molar refractivity (Wildman–Crippen MR) is 102 cm³/mol. The highest BCUT2D eigenvalue weighted by molar-refractivity contribution is 5.89. The molecule has 0 spiro atoms. The van der Waals surface area contributed by atoms with Crippen LogP contribution in [0.15, 0.2) is 73.1 Å². The standard InChI is InChI=1S/C23H15NO2/c1-15-4-5-17-10-18(7-6-16(17)9-15)20-11-21(19-3-2-8-24-13-19)23-22(12-20)25-14-26-23/h1-13H,14H2. The topological polar surface area (TPSA) is 31.4 Å². The van der Waals surface area contributed by atoms with Gasteiger partial charge in [-0.05, 0) is 58.7 Å². The molecule has 0 N–H and O–H groups in total. The molecule has 2 radical (unpaired) electrons. The Morgan fingerprint density at radius 3 is 2.58 bits per heavy atom. The van der Waals surface area contributed by atoms with Gasteiger partial charge in [0.2, 0.25) is 6.79 Å². The largest absolute Gasteiger partial charge is 0.454 e. The Hall–Kier alpha value is -3.33. The number of ether oxygens (including phenoxy) is 2. The van der Waals surface area contributed by atoms with Crippen molar-refractivity contribution in [1.29, 1.82) is 0 Å². The quantitative estimate of drug-likeness (QED) is 0.494. The molecule has 5 rings (SSSR count). The van der Waals surface area contributed by atoms with Crippen molar-refractivity contribution in [2.24, 2.45) is 0 Å². The minimum absolute atomic E-state index is 0.239. The third-order valence-electron chi connectivity index (χ3n) is 4.64. The summed E-state index contributed by atoms with van der Waals surface area (Å²) in [6.45, 7) is 6.12. The highest BCUT2D eigenvalue weighted by atomic mass is 16.7. The summed E-state index contributed by atoms with van der Waals surface area (Å²) in [6.07, 6.45) is 3.60. The lowest BCUT2D eigenvalue weighted by Crippen LogP contribution is -1.93. The van der Waals surface area contributed by atoms with E-state index in [1.54, 1.807) is 6.20 Å². The van der Waals surface area contributed by atoms with Gasteiger partial charge in [0.25, 0.3) is 0 Å². The lowest BCUT2D eigenvalue weighted by Gasteiger charge is -2.11. The van der Waals surface area contributed by atoms with Gasteiger partial charge in [0.05, 0.1) is 0 Å². The second-order valence-electron chi connectivity index (χ2n) is 6.32. The zero-order valence-corrected chi connectivity index (χ0v) is 14.0. The Labute approximate surface area is 151 Å². The fourth-order valence-electron chi connectivity index (χ4n) is 3.36. The van der Waals surface area contributed by atoms with Crippen molar-refractivity contribution in [3.05, 3.63) is 85.5 Å². The first kappa shape index (κ1) is 15.0. The fourth-order valence-corrected chi connectivity index (χ4v) is 3.36. The Bertz CT molecular complexity index is 1120. The zero-order chi connectivity index (χ0) is 17.5. The van der Waals surface area contributed by atoms with Crippen LogP contribution in [-0.2, 0) is 0 Å². The summed E-state index contributed by atoms with van der Waals surface area (Å²) in [5, 5.41) is 2.28. The normalized spacial score (nSPS) is 12.5. The number of aromatic nitrogens is 1. The number of nitrogens with zero attached hydrogens (tertiary/aromatic N) is 1. The van der Waals surface area contributed by atoms with E-state index >= 15 is 0 Å². The first-order chi connectivity index (χ1) is 12.8. The molecule has 0 aliphatic carbocycles. The van der Waals surface area contributed by atoms with Crippen molar-refractivity contribution in [1.82, 2.24) is 4.98 Å². The number of benzene rings is 3. The van der Waals surface area contributed by atoms with Gasteiger partial charge in [-0.1, -0.05) is 36.4 Å². The Morgan fingerprint density at radius 1 is 0.808 bits per heavy atom. The molecule has 0 amide bonds. The van der Waals surface area contributed by atoms with Gasteiger partial charge in [0, 0.05) is 23.5 Å². The number of rotatable bonds is 2. The molecule has 0 bridgehead atoms. The maximum absolute atomic E-state index is 5.88. The molecule has 4 aromatic rings. The molecule has 0 fully saturated rings. The number of pyridine rings is 1. The summed E-state index contributed by atoms with van der Waals surface area (Å²) in [7, 11) is 0. The van der Waals surface area contributed by atoms with E-state index < -0.39 is 0 Å². The van der Waals surface area contributed by atoms with Crippen molar-refractivity contribution in [2.75, 3.05) is 6.79 Å². The van der Waals surface area contributed by atoms with Gasteiger partial charge >= 0.3 is 0 Å². The van der Waals surface area contributed by atoms with Crippen LogP contribution >= 0.6 is 0 Å². The van der Waals surface area contributed by atoms with Crippen LogP contribution < -0.4 is 9.47 Å². The van der Waals surface area contributed by atoms with Crippen LogP contribution in [0.3, 0.4) is 0 Å². The van der Waals surface area contributed by atoms with Gasteiger partial charge in [0.1, 0.15) is 0 Å². The maximum atomic E-state index is 5.88. The van der Waals surface area contributed by atoms with Crippen molar-refractivity contribution in [2.45, 2.75) is 0 Å². The summed E-state index contributed by atoms with van der Waals surface area (Å²) >= 11 is 0. The molecule has 3 heteroatoms. The van der Waals surface area contributed by atoms with E-state index in [4.69, 9.17) is 16.4 Å². The van der Waals surface area contributed by atoms with Gasteiger partial charge in [-0.15, -0.1) is 0 Å². The van der Waals surface area contributed by atoms with Gasteiger partial charge in [-0.25, -0.2) is 0 Å². The van der Waals surface area contributed by atoms with Crippen LogP contribution in [0.1, 0.15) is 5.56 Å². The van der Waals surface area contributed by atoms with Crippen molar-refractivity contribution in [3.63, 3.8) is 0 Å². The van der Waals surface area contributed by atoms with Gasteiger partial charge in [-0.2, -0.15) is 0 Å². The van der Waals surface area contributed by atoms with E-state index in [9.17, 15) is 0 Å². The molecule has 3 aromatic carbocycles. The average molecular weight is 337 g/mol. The minimum Gasteiger partial charge on any atom is -0.454 e. The average Bonchev–Trinajstić information content (AvgIpc) is 3.16. The third-order valence-corrected chi connectivity index (χ3v) is 4.64. The Kier molecular flexibility index (Phi) is 3.39. The first-order valence-corrected chi connectivity index (χ1v) is 8.42. The molecule has 0 atom stereocenters. The SMILES string of the molecule is [CH]c1ccc2cc(-c3cc4c(c(-c5cccnc5)c3)OCO4)ccc2c1. The number of fused-ring (bicyclic) bond motifs is 2. The molecule has 1 aliphatic rings. The molecule has 0 unspecified atom stereocenters. The minimum atomic E-state index is 0.239. The second kappa shape index (κ2) is 5.88. The van der Waals surface area contributed by atoms with E-state index in [1.807, 2.05) is 42.6 Å².